The highest BCUT2D eigenvalue weighted by Crippen LogP contribution is 2.41. The highest BCUT2D eigenvalue weighted by atomic mass is 14.3. The largest absolute Gasteiger partial charge is 0.0649 e. The highest BCUT2D eigenvalue weighted by molar-refractivity contribution is 4.80. The summed E-state index contributed by atoms with van der Waals surface area (Å²) in [6.07, 6.45) is 10.6. The molecule has 14 heavy (non-hydrogen) atoms. The van der Waals surface area contributed by atoms with Crippen LogP contribution in [0, 0.1) is 17.3 Å². The maximum atomic E-state index is 2.24. The molecule has 0 aromatic carbocycles. The molecular formula is C14H28. The van der Waals surface area contributed by atoms with Crippen LogP contribution in [0.25, 0.3) is 0 Å². The topological polar surface area (TPSA) is 0 Å². The molecule has 0 heterocycles. The second kappa shape index (κ2) is 5.19. The monoisotopic (exact) mass is 196 g/mol. The van der Waals surface area contributed by atoms with E-state index in [4.69, 9.17) is 0 Å². The molecule has 2 aliphatic rings. The van der Waals surface area contributed by atoms with Gasteiger partial charge in [-0.25, -0.2) is 0 Å². The summed E-state index contributed by atoms with van der Waals surface area (Å²) in [4.78, 5) is 0. The fraction of sp³-hybridized carbons (Fsp3) is 1.00. The molecule has 2 fully saturated rings. The molecule has 0 aromatic heterocycles. The summed E-state index contributed by atoms with van der Waals surface area (Å²) in [6.45, 7) is 8.94. The van der Waals surface area contributed by atoms with Crippen molar-refractivity contribution in [3.8, 4) is 0 Å². The van der Waals surface area contributed by atoms with Gasteiger partial charge in [0.25, 0.3) is 0 Å². The summed E-state index contributed by atoms with van der Waals surface area (Å²) in [5.41, 5.74) is 0.542. The molecule has 0 N–H and O–H groups in total. The van der Waals surface area contributed by atoms with Gasteiger partial charge in [0.05, 0.1) is 0 Å². The second-order valence-corrected chi connectivity index (χ2v) is 6.39. The van der Waals surface area contributed by atoms with Crippen molar-refractivity contribution in [1.29, 1.82) is 0 Å². The average molecular weight is 196 g/mol. The van der Waals surface area contributed by atoms with Crippen LogP contribution in [0.5, 0.6) is 0 Å². The molecule has 2 rings (SSSR count). The molecule has 2 atom stereocenters. The molecule has 2 aliphatic carbocycles. The Labute approximate surface area is 90.5 Å². The Balaban J connectivity index is 0.000000149. The van der Waals surface area contributed by atoms with Crippen molar-refractivity contribution >= 4 is 0 Å². The molecule has 84 valence electrons. The van der Waals surface area contributed by atoms with Crippen LogP contribution in [0.4, 0.5) is 0 Å². The van der Waals surface area contributed by atoms with E-state index in [2.05, 4.69) is 27.7 Å². The third-order valence-corrected chi connectivity index (χ3v) is 3.94. The van der Waals surface area contributed by atoms with Crippen molar-refractivity contribution in [1.82, 2.24) is 0 Å². The van der Waals surface area contributed by atoms with Crippen LogP contribution in [-0.2, 0) is 0 Å². The van der Waals surface area contributed by atoms with Crippen molar-refractivity contribution in [2.75, 3.05) is 0 Å². The molecule has 2 bridgehead atoms. The van der Waals surface area contributed by atoms with Crippen molar-refractivity contribution in [3.05, 3.63) is 0 Å². The van der Waals surface area contributed by atoms with Crippen LogP contribution < -0.4 is 0 Å². The van der Waals surface area contributed by atoms with Crippen LogP contribution in [0.3, 0.4) is 0 Å². The van der Waals surface area contributed by atoms with Gasteiger partial charge >= 0.3 is 0 Å². The minimum Gasteiger partial charge on any atom is -0.0649 e. The molecule has 0 spiro atoms. The Morgan fingerprint density at radius 3 is 1.64 bits per heavy atom. The number of hydrogen-bond acceptors (Lipinski definition) is 0. The van der Waals surface area contributed by atoms with Gasteiger partial charge in [0.15, 0.2) is 0 Å². The SMILES string of the molecule is C1CC2CCC(C1)C2.CCC(C)(C)C. The first kappa shape index (κ1) is 12.1. The Hall–Kier alpha value is 0. The van der Waals surface area contributed by atoms with E-state index < -0.39 is 0 Å². The lowest BCUT2D eigenvalue weighted by atomic mass is 9.89. The van der Waals surface area contributed by atoms with Gasteiger partial charge in [-0.15, -0.1) is 0 Å². The summed E-state index contributed by atoms with van der Waals surface area (Å²) >= 11 is 0. The van der Waals surface area contributed by atoms with Gasteiger partial charge < -0.3 is 0 Å². The van der Waals surface area contributed by atoms with Crippen molar-refractivity contribution in [3.63, 3.8) is 0 Å². The van der Waals surface area contributed by atoms with Crippen LogP contribution in [-0.4, -0.2) is 0 Å². The Morgan fingerprint density at radius 2 is 1.36 bits per heavy atom. The smallest absolute Gasteiger partial charge is 0.0385 e. The lowest BCUT2D eigenvalue weighted by molar-refractivity contribution is 0.359. The van der Waals surface area contributed by atoms with Crippen LogP contribution in [0.15, 0.2) is 0 Å². The summed E-state index contributed by atoms with van der Waals surface area (Å²) in [7, 11) is 0. The predicted molar refractivity (Wildman–Crippen MR) is 64.4 cm³/mol. The summed E-state index contributed by atoms with van der Waals surface area (Å²) in [5.74, 6) is 2.32. The Kier molecular flexibility index (Phi) is 4.47. The van der Waals surface area contributed by atoms with Gasteiger partial charge in [0.1, 0.15) is 0 Å². The van der Waals surface area contributed by atoms with E-state index >= 15 is 0 Å². The normalized spacial score (nSPS) is 30.9. The van der Waals surface area contributed by atoms with E-state index in [9.17, 15) is 0 Å². The van der Waals surface area contributed by atoms with Crippen LogP contribution >= 0.6 is 0 Å². The van der Waals surface area contributed by atoms with Crippen molar-refractivity contribution < 1.29 is 0 Å². The molecule has 0 aromatic rings. The number of fused-ring (bicyclic) bond motifs is 2. The van der Waals surface area contributed by atoms with E-state index in [1.807, 2.05) is 0 Å². The summed E-state index contributed by atoms with van der Waals surface area (Å²) in [5, 5.41) is 0. The molecular weight excluding hydrogens is 168 g/mol. The minimum atomic E-state index is 0.542. The molecule has 0 saturated heterocycles. The molecule has 2 saturated carbocycles. The van der Waals surface area contributed by atoms with E-state index in [1.54, 1.807) is 32.1 Å². The van der Waals surface area contributed by atoms with Gasteiger partial charge in [-0.05, 0) is 23.7 Å². The van der Waals surface area contributed by atoms with Gasteiger partial charge in [0.2, 0.25) is 0 Å². The molecule has 0 aliphatic heterocycles. The summed E-state index contributed by atoms with van der Waals surface area (Å²) in [6, 6.07) is 0. The lowest BCUT2D eigenvalue weighted by Crippen LogP contribution is -2.03. The number of hydrogen-bond donors (Lipinski definition) is 0. The number of rotatable bonds is 0. The maximum absolute atomic E-state index is 2.24. The Bertz CT molecular complexity index is 138. The van der Waals surface area contributed by atoms with Crippen LogP contribution in [0.2, 0.25) is 0 Å². The van der Waals surface area contributed by atoms with E-state index in [0.29, 0.717) is 5.41 Å². The zero-order valence-corrected chi connectivity index (χ0v) is 10.6. The maximum Gasteiger partial charge on any atom is -0.0385 e. The fourth-order valence-electron chi connectivity index (χ4n) is 2.40. The third kappa shape index (κ3) is 4.48. The van der Waals surface area contributed by atoms with Crippen molar-refractivity contribution in [2.45, 2.75) is 72.6 Å². The quantitative estimate of drug-likeness (QED) is 0.510. The van der Waals surface area contributed by atoms with Gasteiger partial charge in [0, 0.05) is 0 Å². The first-order chi connectivity index (χ1) is 6.51. The van der Waals surface area contributed by atoms with E-state index in [1.165, 1.54) is 12.8 Å². The molecule has 2 unspecified atom stereocenters. The van der Waals surface area contributed by atoms with Gasteiger partial charge in [-0.1, -0.05) is 66.2 Å². The van der Waals surface area contributed by atoms with Crippen LogP contribution in [0.1, 0.15) is 72.6 Å². The average Bonchev–Trinajstić information content (AvgIpc) is 2.46. The zero-order chi connectivity index (χ0) is 10.6. The first-order valence-corrected chi connectivity index (χ1v) is 6.51. The van der Waals surface area contributed by atoms with Crippen molar-refractivity contribution in [2.24, 2.45) is 17.3 Å². The van der Waals surface area contributed by atoms with E-state index in [-0.39, 0.29) is 0 Å². The lowest BCUT2D eigenvalue weighted by Gasteiger charge is -2.16. The fourth-order valence-corrected chi connectivity index (χ4v) is 2.40. The Morgan fingerprint density at radius 1 is 0.929 bits per heavy atom. The highest BCUT2D eigenvalue weighted by Gasteiger charge is 2.27. The molecule has 0 amide bonds. The summed E-state index contributed by atoms with van der Waals surface area (Å²) < 4.78 is 0. The van der Waals surface area contributed by atoms with E-state index in [0.717, 1.165) is 11.8 Å². The second-order valence-electron chi connectivity index (χ2n) is 6.39. The minimum absolute atomic E-state index is 0.542. The predicted octanol–water partition coefficient (Wildman–Crippen LogP) is 5.03. The van der Waals surface area contributed by atoms with Gasteiger partial charge in [-0.3, -0.25) is 0 Å². The molecule has 0 radical (unpaired) electrons. The molecule has 0 heteroatoms. The first-order valence-electron chi connectivity index (χ1n) is 6.51. The zero-order valence-electron chi connectivity index (χ0n) is 10.6. The molecule has 0 nitrogen and oxygen atoms in total. The third-order valence-electron chi connectivity index (χ3n) is 3.94. The van der Waals surface area contributed by atoms with Gasteiger partial charge in [-0.2, -0.15) is 0 Å². The standard InChI is InChI=1S/C8H14.C6H14/c1-2-7-4-5-8(3-1)6-7;1-5-6(2,3)4/h7-8H,1-6H2;5H2,1-4H3.